The molecule has 1 aromatic rings. The van der Waals surface area contributed by atoms with Crippen LogP contribution in [0, 0.1) is 10.1 Å². The monoisotopic (exact) mass is 429 g/mol. The normalized spacial score (nSPS) is 17.3. The number of carbonyl (C=O) groups is 2. The number of nitro groups is 1. The molecule has 1 aliphatic rings. The molecule has 2 N–H and O–H groups in total. The highest BCUT2D eigenvalue weighted by atomic mass is 32.2. The van der Waals surface area contributed by atoms with Crippen LogP contribution in [0.2, 0.25) is 0 Å². The molecule has 1 aliphatic heterocycles. The molecule has 160 valence electrons. The molecule has 0 aliphatic carbocycles. The lowest BCUT2D eigenvalue weighted by molar-refractivity contribution is -0.387. The fraction of sp³-hybridized carbons (Fsp3) is 0.529. The van der Waals surface area contributed by atoms with E-state index in [0.29, 0.717) is 0 Å². The topological polar surface area (TPSA) is 156 Å². The fourth-order valence-corrected chi connectivity index (χ4v) is 4.56. The number of para-hydroxylation sites is 1. The zero-order chi connectivity index (χ0) is 22.0. The van der Waals surface area contributed by atoms with Crippen molar-refractivity contribution in [2.45, 2.75) is 49.6 Å². The SMILES string of the molecule is CC(C)(C)OC(=O)NC1(C(=O)O)CCN(S(=O)(=O)c2ccccc2[N+](=O)[O-])CC1. The number of piperidine rings is 1. The second-order valence-electron chi connectivity index (χ2n) is 7.64. The molecule has 0 saturated carbocycles. The Hall–Kier alpha value is -2.73. The third kappa shape index (κ3) is 5.01. The molecular weight excluding hydrogens is 406 g/mol. The Kier molecular flexibility index (Phi) is 6.18. The van der Waals surface area contributed by atoms with Crippen LogP contribution in [0.5, 0.6) is 0 Å². The lowest BCUT2D eigenvalue weighted by Gasteiger charge is -2.38. The van der Waals surface area contributed by atoms with E-state index in [2.05, 4.69) is 5.32 Å². The van der Waals surface area contributed by atoms with E-state index in [0.717, 1.165) is 16.4 Å². The number of nitrogens with one attached hydrogen (secondary N) is 1. The Labute approximate surface area is 167 Å². The maximum atomic E-state index is 12.9. The number of sulfonamides is 1. The molecule has 1 saturated heterocycles. The Morgan fingerprint density at radius 3 is 2.28 bits per heavy atom. The van der Waals surface area contributed by atoms with E-state index in [9.17, 15) is 33.2 Å². The second kappa shape index (κ2) is 7.95. The lowest BCUT2D eigenvalue weighted by Crippen LogP contribution is -2.61. The number of hydrogen-bond acceptors (Lipinski definition) is 7. The van der Waals surface area contributed by atoms with Gasteiger partial charge in [-0.25, -0.2) is 18.0 Å². The molecule has 1 heterocycles. The lowest BCUT2D eigenvalue weighted by atomic mass is 9.88. The molecule has 11 nitrogen and oxygen atoms in total. The average Bonchev–Trinajstić information content (AvgIpc) is 2.60. The molecule has 2 rings (SSSR count). The average molecular weight is 429 g/mol. The maximum Gasteiger partial charge on any atom is 0.408 e. The summed E-state index contributed by atoms with van der Waals surface area (Å²) in [6.07, 6.45) is -1.36. The molecule has 12 heteroatoms. The zero-order valence-electron chi connectivity index (χ0n) is 16.2. The van der Waals surface area contributed by atoms with Gasteiger partial charge in [0, 0.05) is 19.2 Å². The van der Waals surface area contributed by atoms with Crippen LogP contribution in [-0.2, 0) is 19.6 Å². The highest BCUT2D eigenvalue weighted by Crippen LogP contribution is 2.31. The van der Waals surface area contributed by atoms with Crippen molar-refractivity contribution in [3.05, 3.63) is 34.4 Å². The molecule has 29 heavy (non-hydrogen) atoms. The summed E-state index contributed by atoms with van der Waals surface area (Å²) in [6, 6.07) is 4.94. The number of carbonyl (C=O) groups excluding carboxylic acids is 1. The number of nitrogens with zero attached hydrogens (tertiary/aromatic N) is 2. The van der Waals surface area contributed by atoms with Gasteiger partial charge in [-0.3, -0.25) is 10.1 Å². The van der Waals surface area contributed by atoms with Crippen molar-refractivity contribution in [2.75, 3.05) is 13.1 Å². The van der Waals surface area contributed by atoms with Crippen LogP contribution in [0.4, 0.5) is 10.5 Å². The predicted molar refractivity (Wildman–Crippen MR) is 101 cm³/mol. The van der Waals surface area contributed by atoms with Crippen LogP contribution in [0.15, 0.2) is 29.2 Å². The van der Waals surface area contributed by atoms with Crippen molar-refractivity contribution in [2.24, 2.45) is 0 Å². The van der Waals surface area contributed by atoms with Crippen LogP contribution >= 0.6 is 0 Å². The second-order valence-corrected chi connectivity index (χ2v) is 9.55. The molecule has 1 fully saturated rings. The number of rotatable bonds is 5. The van der Waals surface area contributed by atoms with Crippen molar-refractivity contribution in [3.8, 4) is 0 Å². The van der Waals surface area contributed by atoms with Crippen molar-refractivity contribution in [3.63, 3.8) is 0 Å². The van der Waals surface area contributed by atoms with Crippen molar-refractivity contribution >= 4 is 27.8 Å². The number of carboxylic acids is 1. The number of amides is 1. The van der Waals surface area contributed by atoms with Crippen LogP contribution in [0.3, 0.4) is 0 Å². The molecule has 1 amide bonds. The van der Waals surface area contributed by atoms with E-state index in [1.54, 1.807) is 20.8 Å². The van der Waals surface area contributed by atoms with Crippen LogP contribution < -0.4 is 5.32 Å². The first kappa shape index (κ1) is 22.6. The molecule has 0 bridgehead atoms. The number of carboxylic acid groups (broad SMARTS) is 1. The Bertz CT molecular complexity index is 915. The Morgan fingerprint density at radius 1 is 1.24 bits per heavy atom. The molecule has 0 unspecified atom stereocenters. The van der Waals surface area contributed by atoms with Gasteiger partial charge in [-0.1, -0.05) is 12.1 Å². The van der Waals surface area contributed by atoms with Gasteiger partial charge in [-0.05, 0) is 39.7 Å². The van der Waals surface area contributed by atoms with E-state index in [4.69, 9.17) is 4.74 Å². The minimum Gasteiger partial charge on any atom is -0.480 e. The Balaban J connectivity index is 2.22. The zero-order valence-corrected chi connectivity index (χ0v) is 17.1. The van der Waals surface area contributed by atoms with Crippen molar-refractivity contribution < 1.29 is 32.8 Å². The van der Waals surface area contributed by atoms with E-state index in [-0.39, 0.29) is 25.9 Å². The molecular formula is C17H23N3O8S. The standard InChI is InChI=1S/C17H23N3O8S/c1-16(2,3)28-15(23)18-17(14(21)22)8-10-19(11-9-17)29(26,27)13-7-5-4-6-12(13)20(24)25/h4-7H,8-11H2,1-3H3,(H,18,23)(H,21,22). The minimum atomic E-state index is -4.22. The summed E-state index contributed by atoms with van der Waals surface area (Å²) in [5.41, 5.74) is -3.09. The first-order valence-corrected chi connectivity index (χ1v) is 10.2. The number of hydrogen-bond donors (Lipinski definition) is 2. The summed E-state index contributed by atoms with van der Waals surface area (Å²) in [4.78, 5) is 33.8. The largest absolute Gasteiger partial charge is 0.480 e. The van der Waals surface area contributed by atoms with E-state index in [1.807, 2.05) is 0 Å². The summed E-state index contributed by atoms with van der Waals surface area (Å²) < 4.78 is 31.8. The summed E-state index contributed by atoms with van der Waals surface area (Å²) in [7, 11) is -4.22. The summed E-state index contributed by atoms with van der Waals surface area (Å²) in [6.45, 7) is 4.40. The van der Waals surface area contributed by atoms with Gasteiger partial charge in [-0.15, -0.1) is 0 Å². The van der Waals surface area contributed by atoms with Crippen LogP contribution in [-0.4, -0.2) is 59.0 Å². The number of aliphatic carboxylic acids is 1. The van der Waals surface area contributed by atoms with E-state index < -0.39 is 48.7 Å². The molecule has 0 spiro atoms. The minimum absolute atomic E-state index is 0.221. The third-order valence-electron chi connectivity index (χ3n) is 4.41. The Morgan fingerprint density at radius 2 is 1.79 bits per heavy atom. The molecule has 1 aromatic carbocycles. The van der Waals surface area contributed by atoms with Gasteiger partial charge in [0.25, 0.3) is 5.69 Å². The summed E-state index contributed by atoms with van der Waals surface area (Å²) in [5, 5.41) is 23.1. The number of benzene rings is 1. The highest BCUT2D eigenvalue weighted by molar-refractivity contribution is 7.89. The van der Waals surface area contributed by atoms with Gasteiger partial charge >= 0.3 is 12.1 Å². The van der Waals surface area contributed by atoms with Gasteiger partial charge < -0.3 is 15.2 Å². The predicted octanol–water partition coefficient (Wildman–Crippen LogP) is 1.73. The van der Waals surface area contributed by atoms with Crippen molar-refractivity contribution in [1.29, 1.82) is 0 Å². The summed E-state index contributed by atoms with van der Waals surface area (Å²) in [5.74, 6) is -1.31. The molecule has 0 radical (unpaired) electrons. The third-order valence-corrected chi connectivity index (χ3v) is 6.35. The van der Waals surface area contributed by atoms with Gasteiger partial charge in [-0.2, -0.15) is 4.31 Å². The first-order valence-electron chi connectivity index (χ1n) is 8.77. The summed E-state index contributed by atoms with van der Waals surface area (Å²) >= 11 is 0. The van der Waals surface area contributed by atoms with Gasteiger partial charge in [0.05, 0.1) is 4.92 Å². The van der Waals surface area contributed by atoms with Gasteiger partial charge in [0.2, 0.25) is 10.0 Å². The van der Waals surface area contributed by atoms with Gasteiger partial charge in [0.1, 0.15) is 11.1 Å². The van der Waals surface area contributed by atoms with E-state index in [1.165, 1.54) is 12.1 Å². The van der Waals surface area contributed by atoms with Crippen LogP contribution in [0.1, 0.15) is 33.6 Å². The maximum absolute atomic E-state index is 12.9. The number of ether oxygens (including phenoxy) is 1. The van der Waals surface area contributed by atoms with Gasteiger partial charge in [0.15, 0.2) is 4.90 Å². The fourth-order valence-electron chi connectivity index (χ4n) is 2.96. The number of alkyl carbamates (subject to hydrolysis) is 1. The molecule has 0 atom stereocenters. The molecule has 0 aromatic heterocycles. The first-order chi connectivity index (χ1) is 13.3. The highest BCUT2D eigenvalue weighted by Gasteiger charge is 2.46. The quantitative estimate of drug-likeness (QED) is 0.529. The van der Waals surface area contributed by atoms with E-state index >= 15 is 0 Å². The smallest absolute Gasteiger partial charge is 0.408 e. The van der Waals surface area contributed by atoms with Crippen molar-refractivity contribution in [1.82, 2.24) is 9.62 Å². The number of nitro benzene ring substituents is 1. The van der Waals surface area contributed by atoms with Crippen LogP contribution in [0.25, 0.3) is 0 Å².